The van der Waals surface area contributed by atoms with E-state index < -0.39 is 23.8 Å². The van der Waals surface area contributed by atoms with Crippen molar-refractivity contribution in [1.82, 2.24) is 10.2 Å². The number of nitrogens with one attached hydrogen (secondary N) is 2. The molecule has 0 saturated carbocycles. The largest absolute Gasteiger partial charge is 0.444 e. The van der Waals surface area contributed by atoms with Gasteiger partial charge in [0.05, 0.1) is 0 Å². The first-order chi connectivity index (χ1) is 18.0. The number of alkyl carbamates (subject to hydrolysis) is 1. The van der Waals surface area contributed by atoms with Crippen LogP contribution < -0.4 is 10.6 Å². The number of anilines is 1. The SMILES string of the molecule is CCCCN(C(=O)C(CCSC)NC(=O)OC(C)(C)C)C(C(=O)Nc1ccccc1C)c1cccc(C)c1. The number of carbonyl (C=O) groups excluding carboxylic acids is 3. The van der Waals surface area contributed by atoms with E-state index in [1.54, 1.807) is 37.4 Å². The highest BCUT2D eigenvalue weighted by Gasteiger charge is 2.36. The number of aryl methyl sites for hydroxylation is 2. The Hall–Kier alpha value is -3.00. The molecule has 0 bridgehead atoms. The number of unbranched alkanes of at least 4 members (excludes halogenated alkanes) is 1. The van der Waals surface area contributed by atoms with E-state index in [-0.39, 0.29) is 11.8 Å². The molecule has 7 nitrogen and oxygen atoms in total. The van der Waals surface area contributed by atoms with Crippen LogP contribution in [0.15, 0.2) is 48.5 Å². The van der Waals surface area contributed by atoms with E-state index >= 15 is 0 Å². The van der Waals surface area contributed by atoms with Crippen LogP contribution in [-0.4, -0.2) is 53.0 Å². The molecule has 2 unspecified atom stereocenters. The van der Waals surface area contributed by atoms with E-state index in [2.05, 4.69) is 10.6 Å². The van der Waals surface area contributed by atoms with Crippen LogP contribution in [0.1, 0.15) is 69.7 Å². The molecule has 0 aliphatic carbocycles. The van der Waals surface area contributed by atoms with Crippen molar-refractivity contribution in [3.05, 3.63) is 65.2 Å². The molecule has 0 fully saturated rings. The summed E-state index contributed by atoms with van der Waals surface area (Å²) in [6, 6.07) is 13.5. The standard InChI is InChI=1S/C30H43N3O4S/c1-8-9-18-33(28(35)25(17-19-38-7)32-29(36)37-30(4,5)6)26(23-15-12-13-21(2)20-23)27(34)31-24-16-11-10-14-22(24)3/h10-16,20,25-26H,8-9,17-19H2,1-7H3,(H,31,34)(H,32,36). The molecule has 8 heteroatoms. The molecule has 0 saturated heterocycles. The van der Waals surface area contributed by atoms with Gasteiger partial charge in [0.15, 0.2) is 0 Å². The quantitative estimate of drug-likeness (QED) is 0.331. The van der Waals surface area contributed by atoms with Crippen LogP contribution in [0.4, 0.5) is 10.5 Å². The summed E-state index contributed by atoms with van der Waals surface area (Å²) in [4.78, 5) is 42.4. The molecule has 0 radical (unpaired) electrons. The third kappa shape index (κ3) is 9.71. The zero-order valence-electron chi connectivity index (χ0n) is 23.8. The van der Waals surface area contributed by atoms with E-state index in [1.807, 2.05) is 75.6 Å². The summed E-state index contributed by atoms with van der Waals surface area (Å²) in [5.41, 5.74) is 2.64. The van der Waals surface area contributed by atoms with Crippen LogP contribution in [0.3, 0.4) is 0 Å². The highest BCUT2D eigenvalue weighted by Crippen LogP contribution is 2.27. The second-order valence-electron chi connectivity index (χ2n) is 10.5. The van der Waals surface area contributed by atoms with Crippen LogP contribution in [0.25, 0.3) is 0 Å². The number of benzene rings is 2. The number of thioether (sulfide) groups is 1. The van der Waals surface area contributed by atoms with Gasteiger partial charge in [0.2, 0.25) is 5.91 Å². The van der Waals surface area contributed by atoms with E-state index in [0.717, 1.165) is 23.1 Å². The van der Waals surface area contributed by atoms with Crippen LogP contribution in [0.5, 0.6) is 0 Å². The average molecular weight is 542 g/mol. The maximum atomic E-state index is 14.1. The monoisotopic (exact) mass is 541 g/mol. The lowest BCUT2D eigenvalue weighted by molar-refractivity contribution is -0.141. The summed E-state index contributed by atoms with van der Waals surface area (Å²) in [6.45, 7) is 11.7. The third-order valence-corrected chi connectivity index (χ3v) is 6.60. The molecule has 2 atom stereocenters. The average Bonchev–Trinajstić information content (AvgIpc) is 2.84. The molecule has 2 aromatic rings. The number of ether oxygens (including phenoxy) is 1. The maximum absolute atomic E-state index is 14.1. The normalized spacial score (nSPS) is 12.8. The number of rotatable bonds is 12. The topological polar surface area (TPSA) is 87.7 Å². The van der Waals surface area contributed by atoms with Crippen molar-refractivity contribution in [2.24, 2.45) is 0 Å². The summed E-state index contributed by atoms with van der Waals surface area (Å²) in [7, 11) is 0. The lowest BCUT2D eigenvalue weighted by Crippen LogP contribution is -2.52. The minimum atomic E-state index is -0.870. The summed E-state index contributed by atoms with van der Waals surface area (Å²) < 4.78 is 5.45. The molecule has 0 aromatic heterocycles. The van der Waals surface area contributed by atoms with E-state index in [9.17, 15) is 14.4 Å². The van der Waals surface area contributed by atoms with Gasteiger partial charge in [-0.15, -0.1) is 0 Å². The zero-order chi connectivity index (χ0) is 28.3. The van der Waals surface area contributed by atoms with Crippen molar-refractivity contribution in [2.45, 2.75) is 78.5 Å². The van der Waals surface area contributed by atoms with Crippen molar-refractivity contribution >= 4 is 35.4 Å². The maximum Gasteiger partial charge on any atom is 0.408 e. The first-order valence-corrected chi connectivity index (χ1v) is 14.6. The molecule has 2 rings (SSSR count). The van der Waals surface area contributed by atoms with Crippen molar-refractivity contribution in [1.29, 1.82) is 0 Å². The molecular formula is C30H43N3O4S. The first-order valence-electron chi connectivity index (χ1n) is 13.2. The number of carbonyl (C=O) groups is 3. The van der Waals surface area contributed by atoms with Gasteiger partial charge in [-0.3, -0.25) is 9.59 Å². The van der Waals surface area contributed by atoms with Crippen molar-refractivity contribution in [3.63, 3.8) is 0 Å². The Bertz CT molecular complexity index is 1080. The van der Waals surface area contributed by atoms with Gasteiger partial charge in [-0.25, -0.2) is 4.79 Å². The molecule has 0 aliphatic heterocycles. The van der Waals surface area contributed by atoms with E-state index in [4.69, 9.17) is 4.74 Å². The van der Waals surface area contributed by atoms with Crippen molar-refractivity contribution in [2.75, 3.05) is 23.9 Å². The number of para-hydroxylation sites is 1. The van der Waals surface area contributed by atoms with Gasteiger partial charge in [0, 0.05) is 12.2 Å². The summed E-state index contributed by atoms with van der Waals surface area (Å²) in [6.07, 6.45) is 3.28. The van der Waals surface area contributed by atoms with Gasteiger partial charge in [-0.2, -0.15) is 11.8 Å². The lowest BCUT2D eigenvalue weighted by Gasteiger charge is -2.34. The molecule has 0 aliphatic rings. The fraction of sp³-hybridized carbons (Fsp3) is 0.500. The zero-order valence-corrected chi connectivity index (χ0v) is 24.6. The highest BCUT2D eigenvalue weighted by molar-refractivity contribution is 7.98. The number of nitrogens with zero attached hydrogens (tertiary/aromatic N) is 1. The van der Waals surface area contributed by atoms with Crippen molar-refractivity contribution in [3.8, 4) is 0 Å². The van der Waals surface area contributed by atoms with Crippen LogP contribution >= 0.6 is 11.8 Å². The minimum absolute atomic E-state index is 0.296. The fourth-order valence-electron chi connectivity index (χ4n) is 4.07. The van der Waals surface area contributed by atoms with E-state index in [1.165, 1.54) is 0 Å². The van der Waals surface area contributed by atoms with Gasteiger partial charge in [-0.05, 0) is 76.7 Å². The third-order valence-electron chi connectivity index (χ3n) is 5.96. The first kappa shape index (κ1) is 31.2. The second kappa shape index (κ2) is 14.8. The molecule has 2 N–H and O–H groups in total. The summed E-state index contributed by atoms with van der Waals surface area (Å²) in [5, 5.41) is 5.83. The second-order valence-corrected chi connectivity index (χ2v) is 11.5. The lowest BCUT2D eigenvalue weighted by atomic mass is 9.99. The van der Waals surface area contributed by atoms with E-state index in [0.29, 0.717) is 30.8 Å². The highest BCUT2D eigenvalue weighted by atomic mass is 32.2. The van der Waals surface area contributed by atoms with Gasteiger partial charge in [0.25, 0.3) is 5.91 Å². The Balaban J connectivity index is 2.51. The summed E-state index contributed by atoms with van der Waals surface area (Å²) in [5.74, 6) is 0.0678. The van der Waals surface area contributed by atoms with Gasteiger partial charge < -0.3 is 20.3 Å². The Morgan fingerprint density at radius 3 is 2.37 bits per heavy atom. The van der Waals surface area contributed by atoms with Crippen LogP contribution in [0.2, 0.25) is 0 Å². The van der Waals surface area contributed by atoms with Gasteiger partial charge in [0.1, 0.15) is 17.7 Å². The number of amides is 3. The number of hydrogen-bond donors (Lipinski definition) is 2. The summed E-state index contributed by atoms with van der Waals surface area (Å²) >= 11 is 1.59. The smallest absolute Gasteiger partial charge is 0.408 e. The van der Waals surface area contributed by atoms with Crippen LogP contribution in [-0.2, 0) is 14.3 Å². The molecule has 2 aromatic carbocycles. The molecular weight excluding hydrogens is 498 g/mol. The minimum Gasteiger partial charge on any atom is -0.444 e. The Morgan fingerprint density at radius 1 is 1.05 bits per heavy atom. The molecule has 38 heavy (non-hydrogen) atoms. The van der Waals surface area contributed by atoms with Crippen LogP contribution in [0, 0.1) is 13.8 Å². The molecule has 208 valence electrons. The Labute approximate surface area is 232 Å². The Morgan fingerprint density at radius 2 is 1.76 bits per heavy atom. The predicted molar refractivity (Wildman–Crippen MR) is 157 cm³/mol. The number of hydrogen-bond acceptors (Lipinski definition) is 5. The van der Waals surface area contributed by atoms with Gasteiger partial charge >= 0.3 is 6.09 Å². The predicted octanol–water partition coefficient (Wildman–Crippen LogP) is 6.26. The Kier molecular flexibility index (Phi) is 12.2. The fourth-order valence-corrected chi connectivity index (χ4v) is 4.54. The molecule has 3 amide bonds. The molecule has 0 heterocycles. The van der Waals surface area contributed by atoms with Gasteiger partial charge in [-0.1, -0.05) is 61.4 Å². The van der Waals surface area contributed by atoms with Crippen molar-refractivity contribution < 1.29 is 19.1 Å². The molecule has 0 spiro atoms.